The number of hydrogen-bond acceptors (Lipinski definition) is 3. The lowest BCUT2D eigenvalue weighted by atomic mass is 10.2. The van der Waals surface area contributed by atoms with Gasteiger partial charge in [-0.2, -0.15) is 0 Å². The van der Waals surface area contributed by atoms with Gasteiger partial charge < -0.3 is 15.8 Å². The van der Waals surface area contributed by atoms with Crippen LogP contribution in [0.5, 0.6) is 5.75 Å². The van der Waals surface area contributed by atoms with E-state index in [4.69, 9.17) is 10.5 Å². The normalized spacial score (nSPS) is 9.50. The molecule has 0 fully saturated rings. The zero-order valence-corrected chi connectivity index (χ0v) is 7.87. The molecule has 0 aliphatic carbocycles. The molecule has 1 aromatic rings. The molecule has 0 aromatic heterocycles. The molecule has 74 valence electrons. The molecule has 0 aliphatic rings. The number of phenols is 1. The molecular formula is C10H12N2O2. The molecule has 0 aliphatic heterocycles. The van der Waals surface area contributed by atoms with Gasteiger partial charge >= 0.3 is 0 Å². The highest BCUT2D eigenvalue weighted by Gasteiger charge is 2.02. The number of carbonyl (C=O) groups is 1. The maximum absolute atomic E-state index is 11.2. The number of anilines is 1. The van der Waals surface area contributed by atoms with E-state index in [0.717, 1.165) is 0 Å². The second-order valence-corrected chi connectivity index (χ2v) is 3.05. The van der Waals surface area contributed by atoms with Crippen LogP contribution >= 0.6 is 0 Å². The SMILES string of the molecule is CC(=N)CC(=O)Nc1ccc(O)cc1. The smallest absolute Gasteiger partial charge is 0.230 e. The summed E-state index contributed by atoms with van der Waals surface area (Å²) in [5.74, 6) is -0.0607. The molecule has 0 spiro atoms. The summed E-state index contributed by atoms with van der Waals surface area (Å²) in [7, 11) is 0. The first-order valence-corrected chi connectivity index (χ1v) is 4.21. The van der Waals surface area contributed by atoms with Crippen molar-refractivity contribution < 1.29 is 9.90 Å². The first kappa shape index (κ1) is 10.2. The second-order valence-electron chi connectivity index (χ2n) is 3.05. The number of rotatable bonds is 3. The summed E-state index contributed by atoms with van der Waals surface area (Å²) < 4.78 is 0. The summed E-state index contributed by atoms with van der Waals surface area (Å²) in [6.07, 6.45) is 0.0981. The van der Waals surface area contributed by atoms with Gasteiger partial charge in [-0.3, -0.25) is 4.79 Å². The second kappa shape index (κ2) is 4.41. The van der Waals surface area contributed by atoms with Crippen molar-refractivity contribution in [1.82, 2.24) is 0 Å². The van der Waals surface area contributed by atoms with Gasteiger partial charge in [-0.05, 0) is 31.2 Å². The van der Waals surface area contributed by atoms with Gasteiger partial charge in [0.15, 0.2) is 0 Å². The Bertz CT molecular complexity index is 344. The van der Waals surface area contributed by atoms with E-state index in [2.05, 4.69) is 5.32 Å². The number of amides is 1. The fourth-order valence-corrected chi connectivity index (χ4v) is 0.991. The lowest BCUT2D eigenvalue weighted by Gasteiger charge is -2.03. The lowest BCUT2D eigenvalue weighted by molar-refractivity contribution is -0.115. The molecule has 3 N–H and O–H groups in total. The number of hydrogen-bond donors (Lipinski definition) is 3. The van der Waals surface area contributed by atoms with Gasteiger partial charge in [0.1, 0.15) is 5.75 Å². The number of benzene rings is 1. The number of carbonyl (C=O) groups excluding carboxylic acids is 1. The van der Waals surface area contributed by atoms with Crippen molar-refractivity contribution in [3.8, 4) is 5.75 Å². The molecular weight excluding hydrogens is 180 g/mol. The molecule has 0 atom stereocenters. The van der Waals surface area contributed by atoms with Crippen molar-refractivity contribution >= 4 is 17.3 Å². The first-order chi connectivity index (χ1) is 6.58. The molecule has 0 saturated carbocycles. The van der Waals surface area contributed by atoms with Crippen molar-refractivity contribution in [2.24, 2.45) is 0 Å². The zero-order valence-electron chi connectivity index (χ0n) is 7.87. The van der Waals surface area contributed by atoms with Gasteiger partial charge in [0.25, 0.3) is 0 Å². The van der Waals surface area contributed by atoms with Crippen molar-refractivity contribution in [1.29, 1.82) is 5.41 Å². The molecule has 4 nitrogen and oxygen atoms in total. The van der Waals surface area contributed by atoms with E-state index in [0.29, 0.717) is 11.4 Å². The minimum Gasteiger partial charge on any atom is -0.508 e. The summed E-state index contributed by atoms with van der Waals surface area (Å²) in [5.41, 5.74) is 0.940. The number of phenolic OH excluding ortho intramolecular Hbond substituents is 1. The fraction of sp³-hybridized carbons (Fsp3) is 0.200. The molecule has 1 amide bonds. The molecule has 0 heterocycles. The van der Waals surface area contributed by atoms with E-state index in [1.807, 2.05) is 0 Å². The standard InChI is InChI=1S/C10H12N2O2/c1-7(11)6-10(14)12-8-2-4-9(13)5-3-8/h2-5,11,13H,6H2,1H3,(H,12,14). The van der Waals surface area contributed by atoms with Crippen LogP contribution in [0.25, 0.3) is 0 Å². The molecule has 1 rings (SSSR count). The predicted octanol–water partition coefficient (Wildman–Crippen LogP) is 1.76. The average Bonchev–Trinajstić information content (AvgIpc) is 2.07. The van der Waals surface area contributed by atoms with Crippen LogP contribution in [0, 0.1) is 5.41 Å². The van der Waals surface area contributed by atoms with Crippen LogP contribution in [0.3, 0.4) is 0 Å². The monoisotopic (exact) mass is 192 g/mol. The van der Waals surface area contributed by atoms with Crippen LogP contribution in [0.1, 0.15) is 13.3 Å². The molecule has 0 saturated heterocycles. The van der Waals surface area contributed by atoms with E-state index < -0.39 is 0 Å². The van der Waals surface area contributed by atoms with Crippen molar-refractivity contribution in [3.63, 3.8) is 0 Å². The van der Waals surface area contributed by atoms with Gasteiger partial charge in [0, 0.05) is 11.4 Å². The van der Waals surface area contributed by atoms with E-state index in [1.165, 1.54) is 12.1 Å². The summed E-state index contributed by atoms with van der Waals surface area (Å²) in [6, 6.07) is 6.19. The van der Waals surface area contributed by atoms with Crippen LogP contribution in [0.2, 0.25) is 0 Å². The minimum absolute atomic E-state index is 0.0981. The zero-order chi connectivity index (χ0) is 10.6. The molecule has 0 unspecified atom stereocenters. The van der Waals surface area contributed by atoms with E-state index in [9.17, 15) is 4.79 Å². The third-order valence-electron chi connectivity index (χ3n) is 1.58. The lowest BCUT2D eigenvalue weighted by Crippen LogP contribution is -2.14. The number of nitrogens with one attached hydrogen (secondary N) is 2. The van der Waals surface area contributed by atoms with Crippen LogP contribution in [-0.2, 0) is 4.79 Å². The van der Waals surface area contributed by atoms with Gasteiger partial charge in [0.05, 0.1) is 6.42 Å². The highest BCUT2D eigenvalue weighted by molar-refractivity contribution is 6.04. The van der Waals surface area contributed by atoms with Gasteiger partial charge in [0.2, 0.25) is 5.91 Å². The number of aromatic hydroxyl groups is 1. The quantitative estimate of drug-likeness (QED) is 0.504. The van der Waals surface area contributed by atoms with E-state index in [1.54, 1.807) is 19.1 Å². The Balaban J connectivity index is 2.56. The molecule has 14 heavy (non-hydrogen) atoms. The van der Waals surface area contributed by atoms with Crippen LogP contribution in [0.4, 0.5) is 5.69 Å². The Morgan fingerprint density at radius 2 is 2.00 bits per heavy atom. The molecule has 0 bridgehead atoms. The third-order valence-corrected chi connectivity index (χ3v) is 1.58. The Hall–Kier alpha value is -1.84. The summed E-state index contributed by atoms with van der Waals surface area (Å²) in [5, 5.41) is 18.7. The molecule has 1 aromatic carbocycles. The van der Waals surface area contributed by atoms with Crippen molar-refractivity contribution in [2.75, 3.05) is 5.32 Å². The average molecular weight is 192 g/mol. The Morgan fingerprint density at radius 1 is 1.43 bits per heavy atom. The van der Waals surface area contributed by atoms with Crippen molar-refractivity contribution in [3.05, 3.63) is 24.3 Å². The van der Waals surface area contributed by atoms with Crippen molar-refractivity contribution in [2.45, 2.75) is 13.3 Å². The topological polar surface area (TPSA) is 73.2 Å². The van der Waals surface area contributed by atoms with E-state index in [-0.39, 0.29) is 18.1 Å². The predicted molar refractivity (Wildman–Crippen MR) is 54.8 cm³/mol. The minimum atomic E-state index is -0.219. The van der Waals surface area contributed by atoms with Gasteiger partial charge in [-0.1, -0.05) is 0 Å². The van der Waals surface area contributed by atoms with Gasteiger partial charge in [-0.25, -0.2) is 0 Å². The fourth-order valence-electron chi connectivity index (χ4n) is 0.991. The maximum atomic E-state index is 11.2. The van der Waals surface area contributed by atoms with Crippen LogP contribution in [-0.4, -0.2) is 16.7 Å². The van der Waals surface area contributed by atoms with Crippen LogP contribution in [0.15, 0.2) is 24.3 Å². The summed E-state index contributed by atoms with van der Waals surface area (Å²) in [4.78, 5) is 11.2. The Kier molecular flexibility index (Phi) is 3.23. The third kappa shape index (κ3) is 3.26. The Labute approximate surface area is 82.1 Å². The largest absolute Gasteiger partial charge is 0.508 e. The van der Waals surface area contributed by atoms with Gasteiger partial charge in [-0.15, -0.1) is 0 Å². The first-order valence-electron chi connectivity index (χ1n) is 4.21. The maximum Gasteiger partial charge on any atom is 0.230 e. The highest BCUT2D eigenvalue weighted by atomic mass is 16.3. The highest BCUT2D eigenvalue weighted by Crippen LogP contribution is 2.13. The Morgan fingerprint density at radius 3 is 2.50 bits per heavy atom. The van der Waals surface area contributed by atoms with E-state index >= 15 is 0 Å². The van der Waals surface area contributed by atoms with Crippen LogP contribution < -0.4 is 5.32 Å². The molecule has 4 heteroatoms. The summed E-state index contributed by atoms with van der Waals surface area (Å²) >= 11 is 0. The molecule has 0 radical (unpaired) electrons. The summed E-state index contributed by atoms with van der Waals surface area (Å²) in [6.45, 7) is 1.58.